The molecule has 2 aromatic rings. The maximum atomic E-state index is 13.5. The molecule has 3 fully saturated rings. The van der Waals surface area contributed by atoms with E-state index in [0.717, 1.165) is 63.4 Å². The number of hydrogen-bond donors (Lipinski definition) is 0. The van der Waals surface area contributed by atoms with Crippen LogP contribution in [0.25, 0.3) is 0 Å². The number of rotatable bonds is 5. The molecular formula is C25H29FN2O3. The van der Waals surface area contributed by atoms with E-state index in [-0.39, 0.29) is 17.8 Å². The van der Waals surface area contributed by atoms with E-state index in [1.54, 1.807) is 12.1 Å². The van der Waals surface area contributed by atoms with Crippen molar-refractivity contribution >= 4 is 5.91 Å². The predicted molar refractivity (Wildman–Crippen MR) is 115 cm³/mol. The summed E-state index contributed by atoms with van der Waals surface area (Å²) in [4.78, 5) is 17.8. The number of fused-ring (bicyclic) bond motifs is 1. The van der Waals surface area contributed by atoms with E-state index in [1.165, 1.54) is 12.1 Å². The first-order chi connectivity index (χ1) is 15.2. The third-order valence-electron chi connectivity index (χ3n) is 6.91. The highest BCUT2D eigenvalue weighted by Gasteiger charge is 2.45. The highest BCUT2D eigenvalue weighted by Crippen LogP contribution is 2.40. The summed E-state index contributed by atoms with van der Waals surface area (Å²) in [5, 5.41) is 0. The van der Waals surface area contributed by atoms with Gasteiger partial charge in [0.05, 0.1) is 13.2 Å². The number of benzene rings is 2. The van der Waals surface area contributed by atoms with Crippen molar-refractivity contribution in [2.24, 2.45) is 11.8 Å². The monoisotopic (exact) mass is 424 g/mol. The standard InChI is InChI=1S/C25H29FN2O3/c26-20-5-3-6-21(14-20)31-24-9-8-19-16-28(17-23(19)24)25(29)22-7-2-1-4-18(22)15-27-10-12-30-13-11-27/h1-7,14,19,23-24H,8-13,15-17H2/t19-,23+,24-/m0/s1. The molecule has 31 heavy (non-hydrogen) atoms. The lowest BCUT2D eigenvalue weighted by Gasteiger charge is -2.28. The van der Waals surface area contributed by atoms with E-state index in [0.29, 0.717) is 24.1 Å². The SMILES string of the molecule is O=C(c1ccccc1CN1CCOCC1)N1C[C@@H]2CC[C@H](Oc3cccc(F)c3)[C@@H]2C1. The summed E-state index contributed by atoms with van der Waals surface area (Å²) in [5.41, 5.74) is 1.88. The summed E-state index contributed by atoms with van der Waals surface area (Å²) in [6, 6.07) is 14.3. The third kappa shape index (κ3) is 4.46. The fraction of sp³-hybridized carbons (Fsp3) is 0.480. The van der Waals surface area contributed by atoms with Crippen LogP contribution in [-0.4, -0.2) is 61.2 Å². The fourth-order valence-corrected chi connectivity index (χ4v) is 5.28. The van der Waals surface area contributed by atoms with Crippen LogP contribution in [0.2, 0.25) is 0 Å². The molecule has 6 heteroatoms. The van der Waals surface area contributed by atoms with Crippen molar-refractivity contribution < 1.29 is 18.7 Å². The molecule has 2 heterocycles. The molecule has 0 aromatic heterocycles. The lowest BCUT2D eigenvalue weighted by atomic mass is 9.99. The summed E-state index contributed by atoms with van der Waals surface area (Å²) in [5.74, 6) is 1.16. The molecule has 0 bridgehead atoms. The van der Waals surface area contributed by atoms with E-state index in [1.807, 2.05) is 23.1 Å². The number of halogens is 1. The summed E-state index contributed by atoms with van der Waals surface area (Å²) in [6.45, 7) is 5.55. The highest BCUT2D eigenvalue weighted by molar-refractivity contribution is 5.96. The van der Waals surface area contributed by atoms with Gasteiger partial charge in [0.25, 0.3) is 5.91 Å². The van der Waals surface area contributed by atoms with Gasteiger partial charge in [-0.1, -0.05) is 24.3 Å². The van der Waals surface area contributed by atoms with Crippen LogP contribution in [0.5, 0.6) is 5.75 Å². The zero-order valence-electron chi connectivity index (χ0n) is 17.7. The molecule has 2 aliphatic heterocycles. The van der Waals surface area contributed by atoms with Gasteiger partial charge in [-0.15, -0.1) is 0 Å². The average Bonchev–Trinajstić information content (AvgIpc) is 3.37. The first-order valence-corrected chi connectivity index (χ1v) is 11.3. The van der Waals surface area contributed by atoms with Gasteiger partial charge in [0.2, 0.25) is 0 Å². The number of ether oxygens (including phenoxy) is 2. The Hall–Kier alpha value is -2.44. The van der Waals surface area contributed by atoms with E-state index < -0.39 is 0 Å². The largest absolute Gasteiger partial charge is 0.490 e. The van der Waals surface area contributed by atoms with Gasteiger partial charge in [-0.05, 0) is 42.5 Å². The molecule has 1 amide bonds. The maximum Gasteiger partial charge on any atom is 0.254 e. The van der Waals surface area contributed by atoms with Crippen LogP contribution in [0.1, 0.15) is 28.8 Å². The van der Waals surface area contributed by atoms with Gasteiger partial charge in [-0.3, -0.25) is 9.69 Å². The highest BCUT2D eigenvalue weighted by atomic mass is 19.1. The minimum atomic E-state index is -0.285. The van der Waals surface area contributed by atoms with Gasteiger partial charge in [0, 0.05) is 50.3 Å². The van der Waals surface area contributed by atoms with Crippen molar-refractivity contribution in [2.75, 3.05) is 39.4 Å². The molecule has 5 rings (SSSR count). The Labute approximate surface area is 182 Å². The summed E-state index contributed by atoms with van der Waals surface area (Å²) in [6.07, 6.45) is 2.04. The number of nitrogens with zero attached hydrogens (tertiary/aromatic N) is 2. The molecule has 0 N–H and O–H groups in total. The molecule has 164 valence electrons. The van der Waals surface area contributed by atoms with Crippen molar-refractivity contribution in [3.8, 4) is 5.75 Å². The van der Waals surface area contributed by atoms with Gasteiger partial charge in [-0.25, -0.2) is 4.39 Å². The van der Waals surface area contributed by atoms with Crippen molar-refractivity contribution in [2.45, 2.75) is 25.5 Å². The average molecular weight is 425 g/mol. The summed E-state index contributed by atoms with van der Waals surface area (Å²) >= 11 is 0. The van der Waals surface area contributed by atoms with Crippen LogP contribution < -0.4 is 4.74 Å². The quantitative estimate of drug-likeness (QED) is 0.736. The molecule has 1 aliphatic carbocycles. The van der Waals surface area contributed by atoms with Gasteiger partial charge in [-0.2, -0.15) is 0 Å². The summed E-state index contributed by atoms with van der Waals surface area (Å²) < 4.78 is 25.1. The van der Waals surface area contributed by atoms with E-state index >= 15 is 0 Å². The minimum absolute atomic E-state index is 0.0354. The number of carbonyl (C=O) groups is 1. The Morgan fingerprint density at radius 3 is 2.74 bits per heavy atom. The summed E-state index contributed by atoms with van der Waals surface area (Å²) in [7, 11) is 0. The first-order valence-electron chi connectivity index (χ1n) is 11.3. The first kappa shape index (κ1) is 20.5. The van der Waals surface area contributed by atoms with Crippen LogP contribution in [0.4, 0.5) is 4.39 Å². The second-order valence-electron chi connectivity index (χ2n) is 8.87. The van der Waals surface area contributed by atoms with Crippen molar-refractivity contribution in [1.82, 2.24) is 9.80 Å². The lowest BCUT2D eigenvalue weighted by molar-refractivity contribution is 0.0340. The predicted octanol–water partition coefficient (Wildman–Crippen LogP) is 3.59. The van der Waals surface area contributed by atoms with Gasteiger partial charge in [0.15, 0.2) is 0 Å². The number of morpholine rings is 1. The zero-order chi connectivity index (χ0) is 21.2. The van der Waals surface area contributed by atoms with Crippen LogP contribution in [0.15, 0.2) is 48.5 Å². The van der Waals surface area contributed by atoms with Gasteiger partial charge >= 0.3 is 0 Å². The molecular weight excluding hydrogens is 395 g/mol. The molecule has 3 atom stereocenters. The molecule has 0 unspecified atom stereocenters. The molecule has 0 radical (unpaired) electrons. The zero-order valence-corrected chi connectivity index (χ0v) is 17.7. The van der Waals surface area contributed by atoms with Gasteiger partial charge in [0.1, 0.15) is 17.7 Å². The number of carbonyl (C=O) groups excluding carboxylic acids is 1. The van der Waals surface area contributed by atoms with Gasteiger partial charge < -0.3 is 14.4 Å². The van der Waals surface area contributed by atoms with Crippen LogP contribution >= 0.6 is 0 Å². The Bertz CT molecular complexity index is 930. The molecule has 5 nitrogen and oxygen atoms in total. The van der Waals surface area contributed by atoms with E-state index in [9.17, 15) is 9.18 Å². The Morgan fingerprint density at radius 1 is 1.06 bits per heavy atom. The van der Waals surface area contributed by atoms with Crippen LogP contribution in [0, 0.1) is 17.7 Å². The Kier molecular flexibility index (Phi) is 5.92. The minimum Gasteiger partial charge on any atom is -0.490 e. The lowest BCUT2D eigenvalue weighted by Crippen LogP contribution is -2.37. The van der Waals surface area contributed by atoms with Crippen molar-refractivity contribution in [3.05, 3.63) is 65.5 Å². The molecule has 0 spiro atoms. The molecule has 1 saturated carbocycles. The van der Waals surface area contributed by atoms with E-state index in [4.69, 9.17) is 9.47 Å². The van der Waals surface area contributed by atoms with Crippen LogP contribution in [-0.2, 0) is 11.3 Å². The normalized spacial score (nSPS) is 26.1. The van der Waals surface area contributed by atoms with Crippen molar-refractivity contribution in [3.63, 3.8) is 0 Å². The van der Waals surface area contributed by atoms with Crippen molar-refractivity contribution in [1.29, 1.82) is 0 Å². The second kappa shape index (κ2) is 8.97. The fourth-order valence-electron chi connectivity index (χ4n) is 5.28. The topological polar surface area (TPSA) is 42.0 Å². The smallest absolute Gasteiger partial charge is 0.254 e. The molecule has 3 aliphatic rings. The Balaban J connectivity index is 1.26. The maximum absolute atomic E-state index is 13.5. The number of hydrogen-bond acceptors (Lipinski definition) is 4. The molecule has 2 aromatic carbocycles. The second-order valence-corrected chi connectivity index (χ2v) is 8.87. The van der Waals surface area contributed by atoms with Crippen LogP contribution in [0.3, 0.4) is 0 Å². The number of likely N-dealkylation sites (tertiary alicyclic amines) is 1. The van der Waals surface area contributed by atoms with E-state index in [2.05, 4.69) is 11.0 Å². The third-order valence-corrected chi connectivity index (χ3v) is 6.91. The number of amides is 1. The Morgan fingerprint density at radius 2 is 1.90 bits per heavy atom. The molecule has 2 saturated heterocycles.